The molecule has 0 saturated heterocycles. The summed E-state index contributed by atoms with van der Waals surface area (Å²) in [6, 6.07) is 3.33. The van der Waals surface area contributed by atoms with Crippen LogP contribution in [-0.4, -0.2) is 25.8 Å². The summed E-state index contributed by atoms with van der Waals surface area (Å²) in [4.78, 5) is 14.9. The van der Waals surface area contributed by atoms with E-state index >= 15 is 0 Å². The van der Waals surface area contributed by atoms with E-state index < -0.39 is 5.97 Å². The minimum atomic E-state index is -1.05. The molecule has 5 nitrogen and oxygen atoms in total. The number of carboxylic acids is 1. The number of halogens is 1. The fraction of sp³-hybridized carbons (Fsp3) is 0.100. The van der Waals surface area contributed by atoms with Crippen molar-refractivity contribution in [1.29, 1.82) is 0 Å². The largest absolute Gasteiger partial charge is 0.476 e. The van der Waals surface area contributed by atoms with Crippen LogP contribution in [0.3, 0.4) is 0 Å². The Morgan fingerprint density at radius 3 is 2.88 bits per heavy atom. The van der Waals surface area contributed by atoms with Crippen LogP contribution >= 0.6 is 15.9 Å². The molecule has 1 N–H and O–H groups in total. The van der Waals surface area contributed by atoms with Crippen LogP contribution < -0.4 is 0 Å². The average Bonchev–Trinajstić information content (AvgIpc) is 2.66. The third-order valence-corrected chi connectivity index (χ3v) is 2.48. The molecule has 2 aromatic heterocycles. The number of nitrogens with zero attached hydrogens (tertiary/aromatic N) is 3. The first-order valence-corrected chi connectivity index (χ1v) is 5.28. The molecule has 6 heteroatoms. The molecule has 0 fully saturated rings. The van der Waals surface area contributed by atoms with E-state index in [0.717, 1.165) is 10.0 Å². The van der Waals surface area contributed by atoms with E-state index in [1.54, 1.807) is 12.4 Å². The fourth-order valence-corrected chi connectivity index (χ4v) is 1.77. The van der Waals surface area contributed by atoms with Crippen molar-refractivity contribution < 1.29 is 9.90 Å². The summed E-state index contributed by atoms with van der Waals surface area (Å²) >= 11 is 3.31. The van der Waals surface area contributed by atoms with Crippen molar-refractivity contribution in [2.24, 2.45) is 0 Å². The number of aromatic nitrogens is 3. The maximum Gasteiger partial charge on any atom is 0.356 e. The summed E-state index contributed by atoms with van der Waals surface area (Å²) in [7, 11) is 0. The second-order valence-corrected chi connectivity index (χ2v) is 4.16. The molecule has 0 amide bonds. The smallest absolute Gasteiger partial charge is 0.356 e. The number of rotatable bonds is 2. The molecule has 0 atom stereocenters. The minimum Gasteiger partial charge on any atom is -0.476 e. The van der Waals surface area contributed by atoms with Crippen LogP contribution in [0.15, 0.2) is 29.0 Å². The maximum atomic E-state index is 10.7. The van der Waals surface area contributed by atoms with Gasteiger partial charge in [0.25, 0.3) is 0 Å². The van der Waals surface area contributed by atoms with Gasteiger partial charge in [0.15, 0.2) is 11.5 Å². The molecule has 2 rings (SSSR count). The molecule has 0 unspecified atom stereocenters. The van der Waals surface area contributed by atoms with Crippen molar-refractivity contribution in [2.45, 2.75) is 6.92 Å². The van der Waals surface area contributed by atoms with E-state index in [9.17, 15) is 4.79 Å². The zero-order chi connectivity index (χ0) is 11.7. The third kappa shape index (κ3) is 1.96. The zero-order valence-corrected chi connectivity index (χ0v) is 9.97. The summed E-state index contributed by atoms with van der Waals surface area (Å²) in [6.07, 6.45) is 3.22. The van der Waals surface area contributed by atoms with Crippen molar-refractivity contribution in [3.63, 3.8) is 0 Å². The van der Waals surface area contributed by atoms with E-state index in [0.29, 0.717) is 5.82 Å². The summed E-state index contributed by atoms with van der Waals surface area (Å²) in [5, 5.41) is 12.7. The van der Waals surface area contributed by atoms with E-state index in [1.165, 1.54) is 10.7 Å². The third-order valence-electron chi connectivity index (χ3n) is 2.04. The van der Waals surface area contributed by atoms with Crippen molar-refractivity contribution >= 4 is 21.9 Å². The zero-order valence-electron chi connectivity index (χ0n) is 8.38. The van der Waals surface area contributed by atoms with Crippen molar-refractivity contribution in [3.05, 3.63) is 40.3 Å². The Balaban J connectivity index is 2.46. The molecular formula is C10H8BrN3O2. The number of aryl methyl sites for hydroxylation is 1. The van der Waals surface area contributed by atoms with Crippen LogP contribution in [0.1, 0.15) is 16.1 Å². The second kappa shape index (κ2) is 4.05. The van der Waals surface area contributed by atoms with Gasteiger partial charge in [-0.3, -0.25) is 0 Å². The quantitative estimate of drug-likeness (QED) is 0.915. The van der Waals surface area contributed by atoms with Crippen LogP contribution in [0.4, 0.5) is 0 Å². The van der Waals surface area contributed by atoms with Gasteiger partial charge >= 0.3 is 5.97 Å². The maximum absolute atomic E-state index is 10.7. The molecule has 2 heterocycles. The predicted molar refractivity (Wildman–Crippen MR) is 60.8 cm³/mol. The van der Waals surface area contributed by atoms with Gasteiger partial charge in [-0.25, -0.2) is 14.5 Å². The molecule has 2 aromatic rings. The molecule has 0 spiro atoms. The van der Waals surface area contributed by atoms with Gasteiger partial charge in [-0.05, 0) is 40.5 Å². The van der Waals surface area contributed by atoms with Gasteiger partial charge in [-0.1, -0.05) is 0 Å². The monoisotopic (exact) mass is 281 g/mol. The van der Waals surface area contributed by atoms with Crippen molar-refractivity contribution in [2.75, 3.05) is 0 Å². The topological polar surface area (TPSA) is 68.0 Å². The predicted octanol–water partition coefficient (Wildman–Crippen LogP) is 2.04. The second-order valence-electron chi connectivity index (χ2n) is 3.24. The molecule has 0 aliphatic carbocycles. The first-order valence-electron chi connectivity index (χ1n) is 4.49. The Labute approximate surface area is 99.9 Å². The molecule has 0 radical (unpaired) electrons. The lowest BCUT2D eigenvalue weighted by Crippen LogP contribution is -2.04. The van der Waals surface area contributed by atoms with Gasteiger partial charge in [0.1, 0.15) is 0 Å². The number of pyridine rings is 1. The standard InChI is InChI=1S/C10H8BrN3O2/c1-6-4-7(11)5-12-9(6)14-3-2-8(13-14)10(15)16/h2-5H,1H3,(H,15,16). The lowest BCUT2D eigenvalue weighted by Gasteiger charge is -2.04. The number of carbonyl (C=O) groups is 1. The number of hydrogen-bond donors (Lipinski definition) is 1. The van der Waals surface area contributed by atoms with E-state index in [2.05, 4.69) is 26.0 Å². The van der Waals surface area contributed by atoms with Gasteiger partial charge < -0.3 is 5.11 Å². The summed E-state index contributed by atoms with van der Waals surface area (Å²) in [5.41, 5.74) is 0.915. The molecular weight excluding hydrogens is 274 g/mol. The van der Waals surface area contributed by atoms with Crippen LogP contribution in [0.25, 0.3) is 5.82 Å². The van der Waals surface area contributed by atoms with Crippen LogP contribution in [0.5, 0.6) is 0 Å². The number of hydrogen-bond acceptors (Lipinski definition) is 3. The van der Waals surface area contributed by atoms with Gasteiger partial charge in [0.2, 0.25) is 0 Å². The molecule has 0 saturated carbocycles. The Bertz CT molecular complexity index is 551. The molecule has 0 aromatic carbocycles. The summed E-state index contributed by atoms with van der Waals surface area (Å²) < 4.78 is 2.32. The highest BCUT2D eigenvalue weighted by Crippen LogP contribution is 2.15. The highest BCUT2D eigenvalue weighted by molar-refractivity contribution is 9.10. The van der Waals surface area contributed by atoms with Crippen molar-refractivity contribution in [1.82, 2.24) is 14.8 Å². The van der Waals surface area contributed by atoms with Crippen LogP contribution in [-0.2, 0) is 0 Å². The van der Waals surface area contributed by atoms with Crippen LogP contribution in [0.2, 0.25) is 0 Å². The van der Waals surface area contributed by atoms with E-state index in [1.807, 2.05) is 13.0 Å². The van der Waals surface area contributed by atoms with Crippen LogP contribution in [0, 0.1) is 6.92 Å². The summed E-state index contributed by atoms with van der Waals surface area (Å²) in [5.74, 6) is -0.427. The van der Waals surface area contributed by atoms with E-state index in [4.69, 9.17) is 5.11 Å². The molecule has 0 bridgehead atoms. The molecule has 0 aliphatic rings. The molecule has 0 aliphatic heterocycles. The Hall–Kier alpha value is -1.69. The number of carboxylic acid groups (broad SMARTS) is 1. The Morgan fingerprint density at radius 2 is 2.31 bits per heavy atom. The SMILES string of the molecule is Cc1cc(Br)cnc1-n1ccc(C(=O)O)n1. The Morgan fingerprint density at radius 1 is 1.56 bits per heavy atom. The molecule has 82 valence electrons. The highest BCUT2D eigenvalue weighted by Gasteiger charge is 2.09. The first-order chi connectivity index (χ1) is 7.58. The average molecular weight is 282 g/mol. The normalized spacial score (nSPS) is 10.4. The Kier molecular flexibility index (Phi) is 2.74. The lowest BCUT2D eigenvalue weighted by atomic mass is 10.3. The number of aromatic carboxylic acids is 1. The lowest BCUT2D eigenvalue weighted by molar-refractivity contribution is 0.0690. The van der Waals surface area contributed by atoms with Gasteiger partial charge in [-0.15, -0.1) is 0 Å². The van der Waals surface area contributed by atoms with Gasteiger partial charge in [0, 0.05) is 16.9 Å². The van der Waals surface area contributed by atoms with Gasteiger partial charge in [-0.2, -0.15) is 5.10 Å². The molecule has 16 heavy (non-hydrogen) atoms. The minimum absolute atomic E-state index is 0.00381. The van der Waals surface area contributed by atoms with Gasteiger partial charge in [0.05, 0.1) is 0 Å². The fourth-order valence-electron chi connectivity index (χ4n) is 1.33. The van der Waals surface area contributed by atoms with E-state index in [-0.39, 0.29) is 5.69 Å². The van der Waals surface area contributed by atoms with Crippen molar-refractivity contribution in [3.8, 4) is 5.82 Å². The first kappa shape index (κ1) is 10.8. The highest BCUT2D eigenvalue weighted by atomic mass is 79.9. The summed E-state index contributed by atoms with van der Waals surface area (Å²) in [6.45, 7) is 1.88.